The minimum absolute atomic E-state index is 0.0382. The Hall–Kier alpha value is -1.39. The molecule has 0 aromatic heterocycles. The van der Waals surface area contributed by atoms with Gasteiger partial charge in [-0.25, -0.2) is 0 Å². The van der Waals surface area contributed by atoms with Crippen molar-refractivity contribution in [2.75, 3.05) is 6.54 Å². The van der Waals surface area contributed by atoms with Gasteiger partial charge in [-0.2, -0.15) is 0 Å². The van der Waals surface area contributed by atoms with E-state index in [1.54, 1.807) is 0 Å². The number of aliphatic hydroxyl groups is 1. The molecule has 2 N–H and O–H groups in total. The fourth-order valence-electron chi connectivity index (χ4n) is 5.19. The van der Waals surface area contributed by atoms with Gasteiger partial charge < -0.3 is 15.2 Å². The van der Waals surface area contributed by atoms with Crippen LogP contribution in [0, 0.1) is 0 Å². The number of nitrogens with one attached hydrogen (secondary N) is 1. The predicted molar refractivity (Wildman–Crippen MR) is 71.8 cm³/mol. The van der Waals surface area contributed by atoms with Crippen molar-refractivity contribution in [2.45, 2.75) is 48.8 Å². The number of carbonyl (C=O) groups is 1. The largest absolute Gasteiger partial charge is 0.481 e. The van der Waals surface area contributed by atoms with E-state index in [9.17, 15) is 9.90 Å². The van der Waals surface area contributed by atoms with E-state index in [4.69, 9.17) is 4.74 Å². The summed E-state index contributed by atoms with van der Waals surface area (Å²) in [5, 5.41) is 14.9. The van der Waals surface area contributed by atoms with E-state index in [0.29, 0.717) is 12.8 Å². The Kier molecular flexibility index (Phi) is 1.84. The maximum atomic E-state index is 12.4. The first-order valence-electron chi connectivity index (χ1n) is 7.44. The third-order valence-electron chi connectivity index (χ3n) is 5.98. The van der Waals surface area contributed by atoms with Crippen LogP contribution in [0.2, 0.25) is 0 Å². The fraction of sp³-hybridized carbons (Fsp3) is 0.562. The Labute approximate surface area is 117 Å². The molecule has 2 aliphatic carbocycles. The molecule has 1 spiro atoms. The number of piperidine rings is 1. The number of Topliss-reactive ketones (excluding diaryl/α,β-unsaturated/α-hetero) is 1. The van der Waals surface area contributed by atoms with Gasteiger partial charge in [-0.1, -0.05) is 12.1 Å². The molecule has 20 heavy (non-hydrogen) atoms. The summed E-state index contributed by atoms with van der Waals surface area (Å²) in [6.07, 6.45) is 2.09. The van der Waals surface area contributed by atoms with Gasteiger partial charge in [0.2, 0.25) is 0 Å². The molecule has 1 aromatic rings. The van der Waals surface area contributed by atoms with Crippen LogP contribution < -0.4 is 10.1 Å². The lowest BCUT2D eigenvalue weighted by molar-refractivity contribution is -0.166. The van der Waals surface area contributed by atoms with Crippen LogP contribution in [0.15, 0.2) is 18.2 Å². The number of hydrogen-bond donors (Lipinski definition) is 2. The van der Waals surface area contributed by atoms with E-state index in [0.717, 1.165) is 30.7 Å². The molecule has 2 aliphatic heterocycles. The summed E-state index contributed by atoms with van der Waals surface area (Å²) in [5.74, 6) is 0.973. The van der Waals surface area contributed by atoms with Crippen molar-refractivity contribution in [2.24, 2.45) is 0 Å². The first-order valence-corrected chi connectivity index (χ1v) is 7.44. The first kappa shape index (κ1) is 11.3. The first-order chi connectivity index (χ1) is 9.67. The maximum Gasteiger partial charge on any atom is 0.174 e. The van der Waals surface area contributed by atoms with Crippen LogP contribution in [0.1, 0.15) is 30.4 Å². The van der Waals surface area contributed by atoms with E-state index in [1.165, 1.54) is 5.56 Å². The highest BCUT2D eigenvalue weighted by Crippen LogP contribution is 2.61. The lowest BCUT2D eigenvalue weighted by Gasteiger charge is -2.59. The third-order valence-corrected chi connectivity index (χ3v) is 5.98. The van der Waals surface area contributed by atoms with E-state index < -0.39 is 17.1 Å². The zero-order valence-corrected chi connectivity index (χ0v) is 11.2. The molecule has 2 bridgehead atoms. The Bertz CT molecular complexity index is 643. The SMILES string of the molecule is O=C1CCC2(O)C3Cc4cccc5c4C2(CCN3)C1O5. The Morgan fingerprint density at radius 3 is 3.15 bits per heavy atom. The van der Waals surface area contributed by atoms with Crippen molar-refractivity contribution in [1.29, 1.82) is 0 Å². The zero-order valence-electron chi connectivity index (χ0n) is 11.2. The van der Waals surface area contributed by atoms with Gasteiger partial charge in [0, 0.05) is 18.0 Å². The van der Waals surface area contributed by atoms with E-state index in [-0.39, 0.29) is 11.8 Å². The molecular weight excluding hydrogens is 254 g/mol. The van der Waals surface area contributed by atoms with Gasteiger partial charge in [0.05, 0.1) is 11.0 Å². The molecule has 1 saturated heterocycles. The van der Waals surface area contributed by atoms with Crippen molar-refractivity contribution in [3.8, 4) is 5.75 Å². The monoisotopic (exact) mass is 271 g/mol. The van der Waals surface area contributed by atoms with Gasteiger partial charge in [-0.05, 0) is 37.4 Å². The van der Waals surface area contributed by atoms with Crippen molar-refractivity contribution >= 4 is 5.78 Å². The fourth-order valence-corrected chi connectivity index (χ4v) is 5.19. The molecule has 4 nitrogen and oxygen atoms in total. The van der Waals surface area contributed by atoms with Gasteiger partial charge in [-0.15, -0.1) is 0 Å². The third kappa shape index (κ3) is 0.970. The van der Waals surface area contributed by atoms with Gasteiger partial charge in [0.25, 0.3) is 0 Å². The molecule has 0 amide bonds. The van der Waals surface area contributed by atoms with Crippen LogP contribution in [-0.2, 0) is 16.6 Å². The minimum atomic E-state index is -0.844. The standard InChI is InChI=1S/C16H17NO3/c18-10-4-5-16(19)12-8-9-2-1-3-11-13(9)15(16,6-7-17-12)14(10)20-11/h1-3,12,14,17,19H,4-8H2. The summed E-state index contributed by atoms with van der Waals surface area (Å²) >= 11 is 0. The quantitative estimate of drug-likeness (QED) is 0.729. The van der Waals surface area contributed by atoms with E-state index >= 15 is 0 Å². The molecule has 0 radical (unpaired) electrons. The summed E-state index contributed by atoms with van der Waals surface area (Å²) in [6, 6.07) is 6.09. The number of ketones is 1. The number of benzene rings is 1. The summed E-state index contributed by atoms with van der Waals surface area (Å²) < 4.78 is 6.02. The second kappa shape index (κ2) is 3.26. The van der Waals surface area contributed by atoms with Gasteiger partial charge >= 0.3 is 0 Å². The van der Waals surface area contributed by atoms with Crippen LogP contribution in [0.5, 0.6) is 5.75 Å². The molecule has 5 rings (SSSR count). The Morgan fingerprint density at radius 1 is 1.35 bits per heavy atom. The average molecular weight is 271 g/mol. The van der Waals surface area contributed by atoms with Crippen molar-refractivity contribution in [1.82, 2.24) is 5.32 Å². The van der Waals surface area contributed by atoms with Gasteiger partial charge in [0.15, 0.2) is 11.9 Å². The zero-order chi connectivity index (χ0) is 13.5. The summed E-state index contributed by atoms with van der Waals surface area (Å²) in [7, 11) is 0. The lowest BCUT2D eigenvalue weighted by atomic mass is 9.49. The van der Waals surface area contributed by atoms with Crippen LogP contribution in [0.25, 0.3) is 0 Å². The number of hydrogen-bond acceptors (Lipinski definition) is 4. The smallest absolute Gasteiger partial charge is 0.174 e. The van der Waals surface area contributed by atoms with E-state index in [2.05, 4.69) is 11.4 Å². The van der Waals surface area contributed by atoms with Crippen LogP contribution >= 0.6 is 0 Å². The summed E-state index contributed by atoms with van der Waals surface area (Å²) in [6.45, 7) is 0.841. The van der Waals surface area contributed by atoms with Gasteiger partial charge in [0.1, 0.15) is 5.75 Å². The van der Waals surface area contributed by atoms with Crippen molar-refractivity contribution in [3.63, 3.8) is 0 Å². The van der Waals surface area contributed by atoms with Crippen molar-refractivity contribution < 1.29 is 14.6 Å². The Balaban J connectivity index is 1.88. The maximum absolute atomic E-state index is 12.4. The molecule has 4 heteroatoms. The summed E-state index contributed by atoms with van der Waals surface area (Å²) in [4.78, 5) is 12.4. The normalized spacial score (nSPS) is 44.0. The minimum Gasteiger partial charge on any atom is -0.481 e. The van der Waals surface area contributed by atoms with Crippen molar-refractivity contribution in [3.05, 3.63) is 29.3 Å². The Morgan fingerprint density at radius 2 is 2.25 bits per heavy atom. The molecule has 104 valence electrons. The predicted octanol–water partition coefficient (Wildman–Crippen LogP) is 0.697. The van der Waals surface area contributed by atoms with Crippen LogP contribution in [-0.4, -0.2) is 35.2 Å². The topological polar surface area (TPSA) is 58.6 Å². The molecular formula is C16H17NO3. The number of carbonyl (C=O) groups excluding carboxylic acids is 1. The summed E-state index contributed by atoms with van der Waals surface area (Å²) in [5.41, 5.74) is 1.01. The van der Waals surface area contributed by atoms with Crippen LogP contribution in [0.4, 0.5) is 0 Å². The molecule has 2 heterocycles. The van der Waals surface area contributed by atoms with E-state index in [1.807, 2.05) is 12.1 Å². The lowest BCUT2D eigenvalue weighted by Crippen LogP contribution is -2.76. The molecule has 2 fully saturated rings. The molecule has 4 atom stereocenters. The highest BCUT2D eigenvalue weighted by Gasteiger charge is 2.71. The second-order valence-corrected chi connectivity index (χ2v) is 6.61. The average Bonchev–Trinajstić information content (AvgIpc) is 2.76. The second-order valence-electron chi connectivity index (χ2n) is 6.61. The molecule has 1 aromatic carbocycles. The van der Waals surface area contributed by atoms with Crippen LogP contribution in [0.3, 0.4) is 0 Å². The van der Waals surface area contributed by atoms with Gasteiger partial charge in [-0.3, -0.25) is 4.79 Å². The number of rotatable bonds is 0. The number of ether oxygens (including phenoxy) is 1. The molecule has 4 aliphatic rings. The molecule has 4 unspecified atom stereocenters. The molecule has 1 saturated carbocycles. The highest BCUT2D eigenvalue weighted by molar-refractivity contribution is 5.89. The highest BCUT2D eigenvalue weighted by atomic mass is 16.5.